The molecule has 1 aliphatic heterocycles. The Morgan fingerprint density at radius 3 is 2.18 bits per heavy atom. The second-order valence-electron chi connectivity index (χ2n) is 4.91. The van der Waals surface area contributed by atoms with Crippen molar-refractivity contribution in [2.24, 2.45) is 0 Å². The van der Waals surface area contributed by atoms with E-state index in [-0.39, 0.29) is 23.7 Å². The number of nitrogens with zero attached hydrogens (tertiary/aromatic N) is 1. The number of hydrogen-bond acceptors (Lipinski definition) is 6. The normalized spacial score (nSPS) is 17.0. The van der Waals surface area contributed by atoms with E-state index in [0.717, 1.165) is 4.31 Å². The Hall–Kier alpha value is -1.32. The lowest BCUT2D eigenvalue weighted by molar-refractivity contribution is 0.309. The van der Waals surface area contributed by atoms with Gasteiger partial charge in [0.1, 0.15) is 0 Å². The summed E-state index contributed by atoms with van der Waals surface area (Å²) in [6, 6.07) is 4.29. The van der Waals surface area contributed by atoms with Crippen molar-refractivity contribution in [1.29, 1.82) is 0 Å². The highest BCUT2D eigenvalue weighted by molar-refractivity contribution is 7.92. The molecule has 0 spiro atoms. The maximum Gasteiger partial charge on any atom is 0.243 e. The van der Waals surface area contributed by atoms with E-state index in [1.807, 2.05) is 0 Å². The van der Waals surface area contributed by atoms with E-state index in [2.05, 4.69) is 0 Å². The summed E-state index contributed by atoms with van der Waals surface area (Å²) in [5.74, 6) is 0.750. The molecule has 0 N–H and O–H groups in total. The van der Waals surface area contributed by atoms with E-state index in [1.165, 1.54) is 32.4 Å². The molecule has 9 heteroatoms. The number of methoxy groups -OCH3 is 2. The van der Waals surface area contributed by atoms with E-state index >= 15 is 0 Å². The fourth-order valence-corrected chi connectivity index (χ4v) is 5.21. The molecule has 22 heavy (non-hydrogen) atoms. The van der Waals surface area contributed by atoms with Crippen LogP contribution in [-0.4, -0.2) is 59.5 Å². The highest BCUT2D eigenvalue weighted by atomic mass is 32.2. The van der Waals surface area contributed by atoms with Gasteiger partial charge in [-0.2, -0.15) is 4.31 Å². The lowest BCUT2D eigenvalue weighted by Crippen LogP contribution is -2.57. The van der Waals surface area contributed by atoms with Crippen LogP contribution in [0, 0.1) is 0 Å². The molecule has 1 aromatic rings. The Kier molecular flexibility index (Phi) is 4.69. The van der Waals surface area contributed by atoms with Gasteiger partial charge in [0.15, 0.2) is 21.3 Å². The van der Waals surface area contributed by atoms with Gasteiger partial charge in [-0.3, -0.25) is 0 Å². The molecule has 0 aliphatic carbocycles. The Morgan fingerprint density at radius 2 is 1.68 bits per heavy atom. The summed E-state index contributed by atoms with van der Waals surface area (Å²) in [5.41, 5.74) is 0. The Bertz CT molecular complexity index is 751. The van der Waals surface area contributed by atoms with Crippen molar-refractivity contribution in [3.8, 4) is 11.5 Å². The number of rotatable bonds is 6. The van der Waals surface area contributed by atoms with Crippen molar-refractivity contribution in [3.05, 3.63) is 18.2 Å². The van der Waals surface area contributed by atoms with Crippen LogP contribution in [0.4, 0.5) is 0 Å². The Morgan fingerprint density at radius 1 is 1.09 bits per heavy atom. The van der Waals surface area contributed by atoms with Gasteiger partial charge in [0.25, 0.3) is 0 Å². The molecule has 1 saturated heterocycles. The van der Waals surface area contributed by atoms with Gasteiger partial charge in [0, 0.05) is 24.9 Å². The van der Waals surface area contributed by atoms with Crippen LogP contribution < -0.4 is 9.47 Å². The molecule has 1 heterocycles. The minimum absolute atomic E-state index is 0.00709. The smallest absolute Gasteiger partial charge is 0.243 e. The SMILES string of the molecule is CCS(=O)(=O)C1CN(S(=O)(=O)c2ccc(OC)c(OC)c2)C1. The van der Waals surface area contributed by atoms with Gasteiger partial charge in [-0.1, -0.05) is 6.92 Å². The molecule has 0 aromatic heterocycles. The van der Waals surface area contributed by atoms with Crippen LogP contribution in [0.1, 0.15) is 6.92 Å². The van der Waals surface area contributed by atoms with Gasteiger partial charge in [0.2, 0.25) is 10.0 Å². The van der Waals surface area contributed by atoms with Gasteiger partial charge in [0.05, 0.1) is 24.4 Å². The highest BCUT2D eigenvalue weighted by Crippen LogP contribution is 2.32. The number of ether oxygens (including phenoxy) is 2. The molecule has 124 valence electrons. The summed E-state index contributed by atoms with van der Waals surface area (Å²) in [7, 11) is -4.06. The summed E-state index contributed by atoms with van der Waals surface area (Å²) in [5, 5.41) is -0.618. The maximum absolute atomic E-state index is 12.5. The summed E-state index contributed by atoms with van der Waals surface area (Å²) >= 11 is 0. The van der Waals surface area contributed by atoms with E-state index in [1.54, 1.807) is 6.92 Å². The molecule has 7 nitrogen and oxygen atoms in total. The Labute approximate surface area is 130 Å². The largest absolute Gasteiger partial charge is 0.493 e. The summed E-state index contributed by atoms with van der Waals surface area (Å²) in [6.07, 6.45) is 0. The fraction of sp³-hybridized carbons (Fsp3) is 0.538. The summed E-state index contributed by atoms with van der Waals surface area (Å²) < 4.78 is 59.7. The third-order valence-corrected chi connectivity index (χ3v) is 7.66. The average molecular weight is 349 g/mol. The predicted octanol–water partition coefficient (Wildman–Crippen LogP) is 0.511. The molecular weight excluding hydrogens is 330 g/mol. The molecular formula is C13H19NO6S2. The minimum atomic E-state index is -3.73. The van der Waals surface area contributed by atoms with Gasteiger partial charge in [-0.25, -0.2) is 16.8 Å². The van der Waals surface area contributed by atoms with Crippen molar-refractivity contribution in [1.82, 2.24) is 4.31 Å². The van der Waals surface area contributed by atoms with Crippen LogP contribution in [0.3, 0.4) is 0 Å². The number of benzene rings is 1. The van der Waals surface area contributed by atoms with E-state index < -0.39 is 25.1 Å². The second kappa shape index (κ2) is 6.05. The lowest BCUT2D eigenvalue weighted by Gasteiger charge is -2.37. The molecule has 2 rings (SSSR count). The van der Waals surface area contributed by atoms with Gasteiger partial charge in [-0.15, -0.1) is 0 Å². The van der Waals surface area contributed by atoms with Gasteiger partial charge in [-0.05, 0) is 12.1 Å². The minimum Gasteiger partial charge on any atom is -0.493 e. The first-order chi connectivity index (χ1) is 10.3. The zero-order chi connectivity index (χ0) is 16.5. The average Bonchev–Trinajstić information content (AvgIpc) is 2.44. The van der Waals surface area contributed by atoms with Crippen LogP contribution >= 0.6 is 0 Å². The number of sulfonamides is 1. The molecule has 0 saturated carbocycles. The molecule has 0 unspecified atom stereocenters. The van der Waals surface area contributed by atoms with Gasteiger partial charge >= 0.3 is 0 Å². The van der Waals surface area contributed by atoms with Crippen LogP contribution in [0.15, 0.2) is 23.1 Å². The topological polar surface area (TPSA) is 90.0 Å². The van der Waals surface area contributed by atoms with Crippen LogP contribution in [0.5, 0.6) is 11.5 Å². The molecule has 1 aliphatic rings. The second-order valence-corrected chi connectivity index (χ2v) is 9.42. The molecule has 0 amide bonds. The van der Waals surface area contributed by atoms with E-state index in [9.17, 15) is 16.8 Å². The molecule has 0 bridgehead atoms. The van der Waals surface area contributed by atoms with Crippen molar-refractivity contribution < 1.29 is 26.3 Å². The predicted molar refractivity (Wildman–Crippen MR) is 81.6 cm³/mol. The first kappa shape index (κ1) is 17.0. The van der Waals surface area contributed by atoms with Crippen molar-refractivity contribution in [3.63, 3.8) is 0 Å². The number of hydrogen-bond donors (Lipinski definition) is 0. The maximum atomic E-state index is 12.5. The molecule has 1 fully saturated rings. The standard InChI is InChI=1S/C13H19NO6S2/c1-4-21(15,16)11-8-14(9-11)22(17,18)10-5-6-12(19-2)13(7-10)20-3/h5-7,11H,4,8-9H2,1-3H3. The van der Waals surface area contributed by atoms with Crippen molar-refractivity contribution >= 4 is 19.9 Å². The highest BCUT2D eigenvalue weighted by Gasteiger charge is 2.42. The van der Waals surface area contributed by atoms with Crippen molar-refractivity contribution in [2.75, 3.05) is 33.1 Å². The lowest BCUT2D eigenvalue weighted by atomic mass is 10.3. The molecule has 1 aromatic carbocycles. The Balaban J connectivity index is 2.23. The van der Waals surface area contributed by atoms with Gasteiger partial charge < -0.3 is 9.47 Å². The zero-order valence-corrected chi connectivity index (χ0v) is 14.3. The zero-order valence-electron chi connectivity index (χ0n) is 12.6. The fourth-order valence-electron chi connectivity index (χ4n) is 2.19. The van der Waals surface area contributed by atoms with Crippen LogP contribution in [0.2, 0.25) is 0 Å². The summed E-state index contributed by atoms with van der Waals surface area (Å²) in [6.45, 7) is 1.54. The molecule has 0 radical (unpaired) electrons. The molecule has 0 atom stereocenters. The van der Waals surface area contributed by atoms with E-state index in [4.69, 9.17) is 9.47 Å². The first-order valence-electron chi connectivity index (χ1n) is 6.70. The van der Waals surface area contributed by atoms with Crippen LogP contribution in [-0.2, 0) is 19.9 Å². The van der Waals surface area contributed by atoms with Crippen LogP contribution in [0.25, 0.3) is 0 Å². The third kappa shape index (κ3) is 2.92. The third-order valence-electron chi connectivity index (χ3n) is 3.72. The van der Waals surface area contributed by atoms with E-state index in [0.29, 0.717) is 11.5 Å². The quantitative estimate of drug-likeness (QED) is 0.743. The van der Waals surface area contributed by atoms with Crippen molar-refractivity contribution in [2.45, 2.75) is 17.1 Å². The summed E-state index contributed by atoms with van der Waals surface area (Å²) in [4.78, 5) is 0.0532. The first-order valence-corrected chi connectivity index (χ1v) is 9.85. The monoisotopic (exact) mass is 349 g/mol. The number of sulfone groups is 1.